The summed E-state index contributed by atoms with van der Waals surface area (Å²) in [5.41, 5.74) is 0. The fourth-order valence-corrected chi connectivity index (χ4v) is 6.87. The Morgan fingerprint density at radius 2 is 0.639 bits per heavy atom. The molecule has 0 spiro atoms. The molecule has 0 saturated carbocycles. The molecule has 0 aromatic rings. The van der Waals surface area contributed by atoms with Gasteiger partial charge in [-0.05, 0) is 89.9 Å². The van der Waals surface area contributed by atoms with Gasteiger partial charge in [0.2, 0.25) is 0 Å². The first-order valence-corrected chi connectivity index (χ1v) is 25.4. The molecule has 0 radical (unpaired) electrons. The van der Waals surface area contributed by atoms with Crippen molar-refractivity contribution in [1.29, 1.82) is 0 Å². The second-order valence-electron chi connectivity index (χ2n) is 16.7. The van der Waals surface area contributed by atoms with E-state index in [1.807, 2.05) is 0 Å². The van der Waals surface area contributed by atoms with Gasteiger partial charge in [-0.25, -0.2) is 0 Å². The minimum atomic E-state index is -0.779. The van der Waals surface area contributed by atoms with Gasteiger partial charge in [0.15, 0.2) is 6.10 Å². The van der Waals surface area contributed by atoms with Gasteiger partial charge in [0.05, 0.1) is 0 Å². The van der Waals surface area contributed by atoms with Crippen LogP contribution in [0.15, 0.2) is 72.9 Å². The number of ether oxygens (including phenoxy) is 3. The van der Waals surface area contributed by atoms with Crippen LogP contribution in [0.4, 0.5) is 0 Å². The van der Waals surface area contributed by atoms with Crippen molar-refractivity contribution in [2.45, 2.75) is 245 Å². The minimum Gasteiger partial charge on any atom is -0.462 e. The van der Waals surface area contributed by atoms with E-state index >= 15 is 0 Å². The van der Waals surface area contributed by atoms with Crippen LogP contribution in [0.1, 0.15) is 239 Å². The standard InChI is InChI=1S/C55H94O6/c1-4-7-10-13-15-17-19-21-23-24-25-26-27-28-29-30-32-33-35-37-39-42-45-48-54(57)60-51-52(50-59-53(56)47-44-41-12-9-6-3)61-55(58)49-46-43-40-38-36-34-31-22-20-18-16-14-11-8-5-2/h7,10,15,17,21-23,25-26,28-29,31,52H,4-6,8-9,11-14,16,18-20,24,27,30,32-51H2,1-3H3/b10-7-,17-15-,23-21-,26-25-,29-28-,31-22-. The summed E-state index contributed by atoms with van der Waals surface area (Å²) in [5.74, 6) is -0.917. The largest absolute Gasteiger partial charge is 0.462 e. The van der Waals surface area contributed by atoms with E-state index in [-0.39, 0.29) is 31.1 Å². The zero-order chi connectivity index (χ0) is 44.4. The zero-order valence-electron chi connectivity index (χ0n) is 39.9. The molecule has 0 aromatic heterocycles. The van der Waals surface area contributed by atoms with Gasteiger partial charge in [0, 0.05) is 19.3 Å². The first-order valence-electron chi connectivity index (χ1n) is 25.4. The molecule has 0 aliphatic carbocycles. The van der Waals surface area contributed by atoms with Crippen molar-refractivity contribution in [1.82, 2.24) is 0 Å². The Labute approximate surface area is 376 Å². The van der Waals surface area contributed by atoms with E-state index in [0.29, 0.717) is 19.3 Å². The number of hydrogen-bond donors (Lipinski definition) is 0. The topological polar surface area (TPSA) is 78.9 Å². The van der Waals surface area contributed by atoms with Crippen molar-refractivity contribution in [2.24, 2.45) is 0 Å². The Bertz CT molecular complexity index is 1160. The normalized spacial score (nSPS) is 12.6. The molecule has 0 fully saturated rings. The van der Waals surface area contributed by atoms with Crippen LogP contribution >= 0.6 is 0 Å². The number of allylic oxidation sites excluding steroid dienone is 12. The van der Waals surface area contributed by atoms with Crippen molar-refractivity contribution >= 4 is 17.9 Å². The highest BCUT2D eigenvalue weighted by Gasteiger charge is 2.19. The van der Waals surface area contributed by atoms with E-state index in [0.717, 1.165) is 116 Å². The van der Waals surface area contributed by atoms with Gasteiger partial charge in [-0.1, -0.05) is 203 Å². The molecule has 0 N–H and O–H groups in total. The van der Waals surface area contributed by atoms with E-state index in [4.69, 9.17) is 14.2 Å². The molecule has 6 heteroatoms. The Balaban J connectivity index is 4.18. The van der Waals surface area contributed by atoms with Gasteiger partial charge in [-0.3, -0.25) is 14.4 Å². The van der Waals surface area contributed by atoms with E-state index < -0.39 is 6.10 Å². The maximum Gasteiger partial charge on any atom is 0.306 e. The van der Waals surface area contributed by atoms with Crippen LogP contribution in [0.2, 0.25) is 0 Å². The summed E-state index contributed by atoms with van der Waals surface area (Å²) >= 11 is 0. The van der Waals surface area contributed by atoms with Gasteiger partial charge in [-0.2, -0.15) is 0 Å². The first-order chi connectivity index (χ1) is 30.0. The molecule has 0 bridgehead atoms. The number of unbranched alkanes of at least 4 members (excludes halogenated alkanes) is 22. The van der Waals surface area contributed by atoms with E-state index in [2.05, 4.69) is 93.7 Å². The van der Waals surface area contributed by atoms with Gasteiger partial charge in [0.1, 0.15) is 13.2 Å². The third kappa shape index (κ3) is 47.7. The summed E-state index contributed by atoms with van der Waals surface area (Å²) in [6, 6.07) is 0. The lowest BCUT2D eigenvalue weighted by Crippen LogP contribution is -2.30. The van der Waals surface area contributed by atoms with Crippen LogP contribution in [0.3, 0.4) is 0 Å². The number of carbonyl (C=O) groups is 3. The summed E-state index contributed by atoms with van der Waals surface area (Å²) in [6.07, 6.45) is 62.1. The van der Waals surface area contributed by atoms with Crippen molar-refractivity contribution in [3.8, 4) is 0 Å². The summed E-state index contributed by atoms with van der Waals surface area (Å²) in [7, 11) is 0. The first kappa shape index (κ1) is 57.9. The van der Waals surface area contributed by atoms with Gasteiger partial charge in [-0.15, -0.1) is 0 Å². The third-order valence-electron chi connectivity index (χ3n) is 10.7. The second-order valence-corrected chi connectivity index (χ2v) is 16.7. The zero-order valence-corrected chi connectivity index (χ0v) is 39.9. The molecule has 0 saturated heterocycles. The summed E-state index contributed by atoms with van der Waals surface area (Å²) < 4.78 is 16.6. The molecule has 0 heterocycles. The molecule has 350 valence electrons. The predicted octanol–water partition coefficient (Wildman–Crippen LogP) is 16.6. The van der Waals surface area contributed by atoms with Crippen LogP contribution in [0, 0.1) is 0 Å². The molecule has 0 aliphatic rings. The maximum absolute atomic E-state index is 12.7. The van der Waals surface area contributed by atoms with Crippen molar-refractivity contribution in [2.75, 3.05) is 13.2 Å². The highest BCUT2D eigenvalue weighted by atomic mass is 16.6. The Kier molecular flexibility index (Phi) is 46.9. The minimum absolute atomic E-state index is 0.0831. The lowest BCUT2D eigenvalue weighted by Gasteiger charge is -2.18. The fraction of sp³-hybridized carbons (Fsp3) is 0.727. The second kappa shape index (κ2) is 49.5. The van der Waals surface area contributed by atoms with Crippen LogP contribution in [0.25, 0.3) is 0 Å². The maximum atomic E-state index is 12.7. The molecular weight excluding hydrogens is 757 g/mol. The van der Waals surface area contributed by atoms with Crippen LogP contribution in [-0.4, -0.2) is 37.2 Å². The highest BCUT2D eigenvalue weighted by Crippen LogP contribution is 2.14. The molecule has 0 rings (SSSR count). The van der Waals surface area contributed by atoms with Crippen LogP contribution in [0.5, 0.6) is 0 Å². The summed E-state index contributed by atoms with van der Waals surface area (Å²) in [4.78, 5) is 37.6. The lowest BCUT2D eigenvalue weighted by molar-refractivity contribution is -0.167. The van der Waals surface area contributed by atoms with Crippen molar-refractivity contribution in [3.05, 3.63) is 72.9 Å². The lowest BCUT2D eigenvalue weighted by atomic mass is 10.1. The van der Waals surface area contributed by atoms with E-state index in [9.17, 15) is 14.4 Å². The molecule has 1 atom stereocenters. The summed E-state index contributed by atoms with van der Waals surface area (Å²) in [6.45, 7) is 6.42. The third-order valence-corrected chi connectivity index (χ3v) is 10.7. The van der Waals surface area contributed by atoms with Crippen molar-refractivity contribution in [3.63, 3.8) is 0 Å². The summed E-state index contributed by atoms with van der Waals surface area (Å²) in [5, 5.41) is 0. The average molecular weight is 851 g/mol. The number of hydrogen-bond acceptors (Lipinski definition) is 6. The van der Waals surface area contributed by atoms with Crippen LogP contribution in [-0.2, 0) is 28.6 Å². The van der Waals surface area contributed by atoms with Gasteiger partial charge < -0.3 is 14.2 Å². The number of esters is 3. The molecule has 6 nitrogen and oxygen atoms in total. The van der Waals surface area contributed by atoms with E-state index in [1.54, 1.807) is 0 Å². The Hall–Kier alpha value is -3.15. The molecule has 1 unspecified atom stereocenters. The average Bonchev–Trinajstić information content (AvgIpc) is 3.26. The highest BCUT2D eigenvalue weighted by molar-refractivity contribution is 5.71. The molecular formula is C55H94O6. The van der Waals surface area contributed by atoms with Gasteiger partial charge in [0.25, 0.3) is 0 Å². The quantitative estimate of drug-likeness (QED) is 0.0263. The number of rotatable bonds is 45. The Morgan fingerprint density at radius 1 is 0.344 bits per heavy atom. The van der Waals surface area contributed by atoms with Gasteiger partial charge >= 0.3 is 17.9 Å². The molecule has 61 heavy (non-hydrogen) atoms. The van der Waals surface area contributed by atoms with E-state index in [1.165, 1.54) is 83.5 Å². The van der Waals surface area contributed by atoms with Crippen molar-refractivity contribution < 1.29 is 28.6 Å². The molecule has 0 amide bonds. The monoisotopic (exact) mass is 851 g/mol. The number of carbonyl (C=O) groups excluding carboxylic acids is 3. The fourth-order valence-electron chi connectivity index (χ4n) is 6.87. The smallest absolute Gasteiger partial charge is 0.306 e. The Morgan fingerprint density at radius 3 is 1.02 bits per heavy atom. The SMILES string of the molecule is CC/C=C\C/C=C\C/C=C\C/C=C\C/C=C\CCCCCCCCCC(=O)OCC(COC(=O)CCCCCCC)OC(=O)CCCCCCC/C=C\CCCCCCCC. The molecule has 0 aromatic carbocycles. The predicted molar refractivity (Wildman–Crippen MR) is 261 cm³/mol. The van der Waals surface area contributed by atoms with Crippen LogP contribution < -0.4 is 0 Å². The molecule has 0 aliphatic heterocycles.